The number of amides is 1. The van der Waals surface area contributed by atoms with Gasteiger partial charge in [-0.3, -0.25) is 4.79 Å². The maximum Gasteiger partial charge on any atom is 0.225 e. The Morgan fingerprint density at radius 1 is 1.41 bits per heavy atom. The predicted molar refractivity (Wildman–Crippen MR) is 62.3 cm³/mol. The molecule has 1 saturated heterocycles. The van der Waals surface area contributed by atoms with E-state index in [2.05, 4.69) is 0 Å². The zero-order chi connectivity index (χ0) is 11.8. The molecule has 2 aromatic rings. The lowest BCUT2D eigenvalue weighted by Gasteiger charge is -2.15. The Morgan fingerprint density at radius 3 is 3.06 bits per heavy atom. The maximum atomic E-state index is 11.6. The zero-order valence-corrected chi connectivity index (χ0v) is 9.30. The molecule has 1 aliphatic heterocycles. The Kier molecular flexibility index (Phi) is 2.37. The van der Waals surface area contributed by atoms with Gasteiger partial charge >= 0.3 is 0 Å². The Morgan fingerprint density at radius 2 is 2.29 bits per heavy atom. The molecule has 1 amide bonds. The van der Waals surface area contributed by atoms with Crippen molar-refractivity contribution in [3.8, 4) is 0 Å². The summed E-state index contributed by atoms with van der Waals surface area (Å²) in [7, 11) is 0. The Labute approximate surface area is 98.4 Å². The van der Waals surface area contributed by atoms with Crippen LogP contribution >= 0.6 is 0 Å². The minimum absolute atomic E-state index is 0.0183. The van der Waals surface area contributed by atoms with Crippen LogP contribution in [0.5, 0.6) is 0 Å². The molecule has 88 valence electrons. The van der Waals surface area contributed by atoms with E-state index in [9.17, 15) is 9.90 Å². The molecule has 2 heterocycles. The lowest BCUT2D eigenvalue weighted by atomic mass is 10.1. The number of β-amino-alcohol motifs (C(OH)–C–C–N with tert-alkyl or cyclic N) is 1. The summed E-state index contributed by atoms with van der Waals surface area (Å²) in [5.74, 6) is 0.0183. The van der Waals surface area contributed by atoms with Gasteiger partial charge in [-0.2, -0.15) is 0 Å². The van der Waals surface area contributed by atoms with Crippen molar-refractivity contribution in [1.82, 2.24) is 4.90 Å². The molecule has 1 aromatic carbocycles. The van der Waals surface area contributed by atoms with Gasteiger partial charge in [0.1, 0.15) is 5.58 Å². The van der Waals surface area contributed by atoms with E-state index in [1.165, 1.54) is 0 Å². The number of aliphatic hydroxyl groups is 1. The molecule has 1 N–H and O–H groups in total. The fourth-order valence-corrected chi connectivity index (χ4v) is 2.24. The first-order valence-corrected chi connectivity index (χ1v) is 5.64. The summed E-state index contributed by atoms with van der Waals surface area (Å²) in [6.07, 6.45) is 1.38. The molecule has 1 atom stereocenters. The molecular weight excluding hydrogens is 218 g/mol. The summed E-state index contributed by atoms with van der Waals surface area (Å²) in [6, 6.07) is 7.77. The minimum Gasteiger partial charge on any atom is -0.464 e. The first-order chi connectivity index (χ1) is 8.22. The molecule has 0 bridgehead atoms. The van der Waals surface area contributed by atoms with Crippen molar-refractivity contribution in [2.75, 3.05) is 6.54 Å². The molecule has 3 rings (SSSR count). The van der Waals surface area contributed by atoms with Gasteiger partial charge in [-0.15, -0.1) is 0 Å². The Balaban J connectivity index is 1.82. The lowest BCUT2D eigenvalue weighted by molar-refractivity contribution is -0.128. The van der Waals surface area contributed by atoms with Gasteiger partial charge in [0.05, 0.1) is 18.8 Å². The Bertz CT molecular complexity index is 561. The second-order valence-corrected chi connectivity index (χ2v) is 4.42. The fourth-order valence-electron chi connectivity index (χ4n) is 2.24. The molecule has 0 aliphatic carbocycles. The molecule has 1 aliphatic rings. The van der Waals surface area contributed by atoms with Crippen LogP contribution in [0.15, 0.2) is 34.9 Å². The van der Waals surface area contributed by atoms with E-state index in [-0.39, 0.29) is 12.3 Å². The molecule has 1 aromatic heterocycles. The van der Waals surface area contributed by atoms with E-state index in [0.717, 1.165) is 16.5 Å². The van der Waals surface area contributed by atoms with Gasteiger partial charge in [0, 0.05) is 18.5 Å². The van der Waals surface area contributed by atoms with Crippen molar-refractivity contribution in [2.45, 2.75) is 19.1 Å². The molecule has 4 nitrogen and oxygen atoms in total. The van der Waals surface area contributed by atoms with Crippen molar-refractivity contribution in [3.63, 3.8) is 0 Å². The number of furan rings is 1. The smallest absolute Gasteiger partial charge is 0.225 e. The fraction of sp³-hybridized carbons (Fsp3) is 0.308. The van der Waals surface area contributed by atoms with Crippen LogP contribution in [0.3, 0.4) is 0 Å². The van der Waals surface area contributed by atoms with Gasteiger partial charge in [-0.25, -0.2) is 0 Å². The molecule has 1 unspecified atom stereocenters. The first kappa shape index (κ1) is 10.4. The number of benzene rings is 1. The number of aliphatic hydroxyl groups excluding tert-OH is 1. The van der Waals surface area contributed by atoms with Gasteiger partial charge in [0.15, 0.2) is 0 Å². The minimum atomic E-state index is -0.514. The van der Waals surface area contributed by atoms with Gasteiger partial charge in [-0.1, -0.05) is 6.07 Å². The van der Waals surface area contributed by atoms with Crippen molar-refractivity contribution in [2.24, 2.45) is 0 Å². The molecule has 0 spiro atoms. The number of hydrogen-bond donors (Lipinski definition) is 1. The van der Waals surface area contributed by atoms with Crippen LogP contribution in [0.25, 0.3) is 11.0 Å². The average Bonchev–Trinajstić information content (AvgIpc) is 2.85. The normalized spacial score (nSPS) is 20.4. The summed E-state index contributed by atoms with van der Waals surface area (Å²) >= 11 is 0. The highest BCUT2D eigenvalue weighted by Crippen LogP contribution is 2.20. The summed E-state index contributed by atoms with van der Waals surface area (Å²) in [5, 5.41) is 10.4. The molecule has 1 fully saturated rings. The van der Waals surface area contributed by atoms with Gasteiger partial charge in [0.25, 0.3) is 0 Å². The van der Waals surface area contributed by atoms with E-state index >= 15 is 0 Å². The van der Waals surface area contributed by atoms with Crippen LogP contribution in [0.4, 0.5) is 0 Å². The van der Waals surface area contributed by atoms with Crippen molar-refractivity contribution in [3.05, 3.63) is 36.1 Å². The summed E-state index contributed by atoms with van der Waals surface area (Å²) in [5.41, 5.74) is 1.91. The Hall–Kier alpha value is -1.81. The zero-order valence-electron chi connectivity index (χ0n) is 9.30. The largest absolute Gasteiger partial charge is 0.464 e. The summed E-state index contributed by atoms with van der Waals surface area (Å²) < 4.78 is 5.26. The second kappa shape index (κ2) is 3.89. The maximum absolute atomic E-state index is 11.6. The SMILES string of the molecule is O=C1CC(O)CN1Cc1ccc2occc2c1. The predicted octanol–water partition coefficient (Wildman–Crippen LogP) is 1.53. The molecule has 4 heteroatoms. The number of carbonyl (C=O) groups excluding carboxylic acids is 1. The van der Waals surface area contributed by atoms with Crippen molar-refractivity contribution < 1.29 is 14.3 Å². The monoisotopic (exact) mass is 231 g/mol. The van der Waals surface area contributed by atoms with Crippen LogP contribution in [0.1, 0.15) is 12.0 Å². The standard InChI is InChI=1S/C13H13NO3/c15-11-6-13(16)14(8-11)7-9-1-2-12-10(5-9)3-4-17-12/h1-5,11,15H,6-8H2. The second-order valence-electron chi connectivity index (χ2n) is 4.42. The molecule has 0 saturated carbocycles. The third-order valence-electron chi connectivity index (χ3n) is 3.08. The number of hydrogen-bond acceptors (Lipinski definition) is 3. The number of rotatable bonds is 2. The number of fused-ring (bicyclic) bond motifs is 1. The molecule has 0 radical (unpaired) electrons. The van der Waals surface area contributed by atoms with Crippen LogP contribution in [0, 0.1) is 0 Å². The number of nitrogens with zero attached hydrogens (tertiary/aromatic N) is 1. The van der Waals surface area contributed by atoms with Crippen LogP contribution in [-0.2, 0) is 11.3 Å². The highest BCUT2D eigenvalue weighted by Gasteiger charge is 2.27. The van der Waals surface area contributed by atoms with E-state index in [4.69, 9.17) is 4.42 Å². The molecule has 17 heavy (non-hydrogen) atoms. The number of carbonyl (C=O) groups is 1. The quantitative estimate of drug-likeness (QED) is 0.852. The number of likely N-dealkylation sites (tertiary alicyclic amines) is 1. The van der Waals surface area contributed by atoms with Crippen LogP contribution in [-0.4, -0.2) is 28.6 Å². The van der Waals surface area contributed by atoms with E-state index in [1.807, 2.05) is 24.3 Å². The molecular formula is C13H13NO3. The van der Waals surface area contributed by atoms with E-state index < -0.39 is 6.10 Å². The first-order valence-electron chi connectivity index (χ1n) is 5.64. The van der Waals surface area contributed by atoms with E-state index in [1.54, 1.807) is 11.2 Å². The van der Waals surface area contributed by atoms with Crippen LogP contribution < -0.4 is 0 Å². The van der Waals surface area contributed by atoms with Gasteiger partial charge in [-0.05, 0) is 23.8 Å². The highest BCUT2D eigenvalue weighted by atomic mass is 16.3. The van der Waals surface area contributed by atoms with Gasteiger partial charge < -0.3 is 14.4 Å². The average molecular weight is 231 g/mol. The summed E-state index contributed by atoms with van der Waals surface area (Å²) in [4.78, 5) is 13.2. The van der Waals surface area contributed by atoms with Gasteiger partial charge in [0.2, 0.25) is 5.91 Å². The van der Waals surface area contributed by atoms with Crippen molar-refractivity contribution >= 4 is 16.9 Å². The third-order valence-corrected chi connectivity index (χ3v) is 3.08. The van der Waals surface area contributed by atoms with Crippen LogP contribution in [0.2, 0.25) is 0 Å². The highest BCUT2D eigenvalue weighted by molar-refractivity contribution is 5.80. The topological polar surface area (TPSA) is 53.7 Å². The summed E-state index contributed by atoms with van der Waals surface area (Å²) in [6.45, 7) is 0.985. The van der Waals surface area contributed by atoms with E-state index in [0.29, 0.717) is 13.1 Å². The van der Waals surface area contributed by atoms with Crippen molar-refractivity contribution in [1.29, 1.82) is 0 Å². The third kappa shape index (κ3) is 1.91. The lowest BCUT2D eigenvalue weighted by Crippen LogP contribution is -2.25.